The molecule has 3 nitrogen and oxygen atoms in total. The van der Waals surface area contributed by atoms with Gasteiger partial charge in [0.15, 0.2) is 0 Å². The molecule has 1 amide bonds. The van der Waals surface area contributed by atoms with Gasteiger partial charge in [-0.3, -0.25) is 0 Å². The minimum atomic E-state index is -0.178. The first-order valence-corrected chi connectivity index (χ1v) is 3.64. The molecule has 0 aromatic heterocycles. The Morgan fingerprint density at radius 1 is 1.60 bits per heavy atom. The predicted molar refractivity (Wildman–Crippen MR) is 37.8 cm³/mol. The van der Waals surface area contributed by atoms with Crippen molar-refractivity contribution < 1.29 is 9.53 Å². The number of nitrogens with zero attached hydrogens (tertiary/aromatic N) is 1. The fraction of sp³-hybridized carbons (Fsp3) is 0.857. The molecule has 0 bridgehead atoms. The Kier molecular flexibility index (Phi) is 1.83. The summed E-state index contributed by atoms with van der Waals surface area (Å²) in [5.74, 6) is 0. The minimum absolute atomic E-state index is 0.0486. The van der Waals surface area contributed by atoms with Crippen LogP contribution in [-0.4, -0.2) is 29.7 Å². The number of hydrogen-bond acceptors (Lipinski definition) is 2. The summed E-state index contributed by atoms with van der Waals surface area (Å²) in [5, 5.41) is 0. The highest BCUT2D eigenvalue weighted by molar-refractivity contribution is 5.70. The van der Waals surface area contributed by atoms with Crippen LogP contribution in [0.15, 0.2) is 0 Å². The molecule has 0 unspecified atom stereocenters. The van der Waals surface area contributed by atoms with Gasteiger partial charge in [-0.25, -0.2) is 4.79 Å². The van der Waals surface area contributed by atoms with Gasteiger partial charge in [-0.2, -0.15) is 0 Å². The second-order valence-electron chi connectivity index (χ2n) is 2.62. The smallest absolute Gasteiger partial charge is 0.410 e. The summed E-state index contributed by atoms with van der Waals surface area (Å²) in [7, 11) is 0. The van der Waals surface area contributed by atoms with Crippen LogP contribution in [0.4, 0.5) is 4.79 Å². The molecule has 10 heavy (non-hydrogen) atoms. The lowest BCUT2D eigenvalue weighted by Gasteiger charge is -2.16. The van der Waals surface area contributed by atoms with E-state index in [9.17, 15) is 4.79 Å². The predicted octanol–water partition coefficient (Wildman–Crippen LogP) is 1.24. The Labute approximate surface area is 61.0 Å². The largest absolute Gasteiger partial charge is 0.444 e. The van der Waals surface area contributed by atoms with Gasteiger partial charge >= 0.3 is 6.09 Å². The average molecular weight is 143 g/mol. The van der Waals surface area contributed by atoms with E-state index in [0.29, 0.717) is 0 Å². The molecule has 3 heteroatoms. The second kappa shape index (κ2) is 2.48. The molecule has 1 aliphatic heterocycles. The summed E-state index contributed by atoms with van der Waals surface area (Å²) in [6.45, 7) is 6.61. The summed E-state index contributed by atoms with van der Waals surface area (Å²) in [6.07, 6.45) is -0.130. The number of carbonyl (C=O) groups excluding carboxylic acids is 1. The number of amides is 1. The zero-order chi connectivity index (χ0) is 7.72. The maximum Gasteiger partial charge on any atom is 0.410 e. The van der Waals surface area contributed by atoms with Crippen molar-refractivity contribution in [3.05, 3.63) is 0 Å². The third-order valence-electron chi connectivity index (χ3n) is 2.03. The molecule has 0 spiro atoms. The summed E-state index contributed by atoms with van der Waals surface area (Å²) in [5.41, 5.74) is 0. The Morgan fingerprint density at radius 3 is 2.40 bits per heavy atom. The van der Waals surface area contributed by atoms with Crippen LogP contribution < -0.4 is 0 Å². The van der Waals surface area contributed by atoms with Gasteiger partial charge in [-0.15, -0.1) is 0 Å². The van der Waals surface area contributed by atoms with Crippen LogP contribution in [-0.2, 0) is 4.74 Å². The van der Waals surface area contributed by atoms with Crippen molar-refractivity contribution in [3.8, 4) is 0 Å². The van der Waals surface area contributed by atoms with E-state index in [-0.39, 0.29) is 18.2 Å². The van der Waals surface area contributed by atoms with Crippen LogP contribution >= 0.6 is 0 Å². The highest BCUT2D eigenvalue weighted by Crippen LogP contribution is 2.17. The van der Waals surface area contributed by atoms with Crippen LogP contribution in [0.5, 0.6) is 0 Å². The zero-order valence-electron chi connectivity index (χ0n) is 6.63. The first kappa shape index (κ1) is 7.38. The lowest BCUT2D eigenvalue weighted by molar-refractivity contribution is 0.137. The number of hydrogen-bond donors (Lipinski definition) is 0. The zero-order valence-corrected chi connectivity index (χ0v) is 6.63. The molecule has 0 saturated carbocycles. The normalized spacial score (nSPS) is 32.7. The lowest BCUT2D eigenvalue weighted by atomic mass is 10.2. The molecule has 1 saturated heterocycles. The maximum atomic E-state index is 10.9. The molecule has 2 atom stereocenters. The molecule has 1 fully saturated rings. The van der Waals surface area contributed by atoms with Crippen molar-refractivity contribution in [1.82, 2.24) is 4.90 Å². The molecule has 0 aromatic rings. The first-order valence-electron chi connectivity index (χ1n) is 3.64. The molecular formula is C7H13NO2. The van der Waals surface area contributed by atoms with Gasteiger partial charge in [0.1, 0.15) is 6.10 Å². The molecule has 58 valence electrons. The van der Waals surface area contributed by atoms with Crippen molar-refractivity contribution in [3.63, 3.8) is 0 Å². The van der Waals surface area contributed by atoms with E-state index < -0.39 is 0 Å². The van der Waals surface area contributed by atoms with E-state index in [0.717, 1.165) is 6.54 Å². The fourth-order valence-corrected chi connectivity index (χ4v) is 1.16. The van der Waals surface area contributed by atoms with E-state index in [4.69, 9.17) is 4.74 Å². The highest BCUT2D eigenvalue weighted by atomic mass is 16.6. The molecule has 0 N–H and O–H groups in total. The van der Waals surface area contributed by atoms with Gasteiger partial charge in [0.05, 0.1) is 6.04 Å². The summed E-state index contributed by atoms with van der Waals surface area (Å²) >= 11 is 0. The van der Waals surface area contributed by atoms with E-state index in [2.05, 4.69) is 0 Å². The maximum absolute atomic E-state index is 10.9. The van der Waals surface area contributed by atoms with Gasteiger partial charge in [-0.1, -0.05) is 0 Å². The number of likely N-dealkylation sites (N-methyl/N-ethyl adjacent to an activating group) is 1. The third-order valence-corrected chi connectivity index (χ3v) is 2.03. The molecular weight excluding hydrogens is 130 g/mol. The van der Waals surface area contributed by atoms with Gasteiger partial charge in [0, 0.05) is 6.54 Å². The first-order chi connectivity index (χ1) is 4.66. The van der Waals surface area contributed by atoms with Crippen molar-refractivity contribution in [1.29, 1.82) is 0 Å². The Balaban J connectivity index is 2.64. The summed E-state index contributed by atoms with van der Waals surface area (Å²) < 4.78 is 4.96. The topological polar surface area (TPSA) is 29.5 Å². The van der Waals surface area contributed by atoms with E-state index in [1.54, 1.807) is 4.90 Å². The second-order valence-corrected chi connectivity index (χ2v) is 2.62. The van der Waals surface area contributed by atoms with Gasteiger partial charge < -0.3 is 9.64 Å². The van der Waals surface area contributed by atoms with Crippen molar-refractivity contribution in [2.45, 2.75) is 32.9 Å². The van der Waals surface area contributed by atoms with E-state index >= 15 is 0 Å². The highest BCUT2D eigenvalue weighted by Gasteiger charge is 2.34. The molecule has 0 aliphatic carbocycles. The van der Waals surface area contributed by atoms with E-state index in [1.807, 2.05) is 20.8 Å². The van der Waals surface area contributed by atoms with Crippen LogP contribution in [0.2, 0.25) is 0 Å². The lowest BCUT2D eigenvalue weighted by Crippen LogP contribution is -2.32. The Bertz CT molecular complexity index is 147. The minimum Gasteiger partial charge on any atom is -0.444 e. The standard InChI is InChI=1S/C7H13NO2/c1-4-8-5(2)6(3)10-7(8)9/h5-6H,4H2,1-3H3/t5-,6+/m1/s1. The summed E-state index contributed by atoms with van der Waals surface area (Å²) in [6, 6.07) is 0.234. The van der Waals surface area contributed by atoms with Gasteiger partial charge in [-0.05, 0) is 20.8 Å². The Morgan fingerprint density at radius 2 is 2.20 bits per heavy atom. The quantitative estimate of drug-likeness (QED) is 0.552. The fourth-order valence-electron chi connectivity index (χ4n) is 1.16. The third kappa shape index (κ3) is 0.958. The summed E-state index contributed by atoms with van der Waals surface area (Å²) in [4.78, 5) is 12.7. The van der Waals surface area contributed by atoms with E-state index in [1.165, 1.54) is 0 Å². The number of rotatable bonds is 1. The molecule has 1 aliphatic rings. The number of ether oxygens (including phenoxy) is 1. The van der Waals surface area contributed by atoms with Crippen LogP contribution in [0.25, 0.3) is 0 Å². The monoisotopic (exact) mass is 143 g/mol. The molecule has 0 radical (unpaired) electrons. The average Bonchev–Trinajstić information content (AvgIpc) is 2.09. The molecule has 1 heterocycles. The van der Waals surface area contributed by atoms with Crippen molar-refractivity contribution >= 4 is 6.09 Å². The number of cyclic esters (lactones) is 1. The van der Waals surface area contributed by atoms with Crippen molar-refractivity contribution in [2.75, 3.05) is 6.54 Å². The van der Waals surface area contributed by atoms with Crippen LogP contribution in [0.3, 0.4) is 0 Å². The van der Waals surface area contributed by atoms with Crippen LogP contribution in [0, 0.1) is 0 Å². The van der Waals surface area contributed by atoms with Gasteiger partial charge in [0.25, 0.3) is 0 Å². The molecule has 0 aromatic carbocycles. The van der Waals surface area contributed by atoms with Crippen LogP contribution in [0.1, 0.15) is 20.8 Å². The van der Waals surface area contributed by atoms with Crippen molar-refractivity contribution in [2.24, 2.45) is 0 Å². The van der Waals surface area contributed by atoms with Gasteiger partial charge in [0.2, 0.25) is 0 Å². The SMILES string of the molecule is CCN1C(=O)O[C@@H](C)[C@H]1C. The number of carbonyl (C=O) groups is 1. The Hall–Kier alpha value is -0.730. The molecule has 1 rings (SSSR count).